The van der Waals surface area contributed by atoms with Gasteiger partial charge in [0, 0.05) is 12.5 Å². The lowest BCUT2D eigenvalue weighted by Gasteiger charge is -2.23. The zero-order valence-corrected chi connectivity index (χ0v) is 12.7. The standard InChI is InChI=1S/C16H25NO3/c1-12(18)10-14(13-8-6-5-7-9-13)11-17-15(19)20-16(2,3)4/h5-9,12,14,18H,10-11H2,1-4H3,(H,17,19)/t12-,14+/m1/s1. The molecule has 0 fully saturated rings. The fraction of sp³-hybridized carbons (Fsp3) is 0.562. The average Bonchev–Trinajstić information content (AvgIpc) is 2.33. The van der Waals surface area contributed by atoms with Gasteiger partial charge in [0.15, 0.2) is 0 Å². The Labute approximate surface area is 121 Å². The van der Waals surface area contributed by atoms with Gasteiger partial charge in [0.1, 0.15) is 5.60 Å². The summed E-state index contributed by atoms with van der Waals surface area (Å²) in [6, 6.07) is 9.87. The first-order chi connectivity index (χ1) is 9.28. The van der Waals surface area contributed by atoms with Crippen molar-refractivity contribution >= 4 is 6.09 Å². The maximum absolute atomic E-state index is 11.7. The van der Waals surface area contributed by atoms with Crippen LogP contribution in [0, 0.1) is 0 Å². The summed E-state index contributed by atoms with van der Waals surface area (Å²) in [6.45, 7) is 7.69. The number of aliphatic hydroxyl groups excluding tert-OH is 1. The van der Waals surface area contributed by atoms with Crippen LogP contribution >= 0.6 is 0 Å². The number of hydrogen-bond acceptors (Lipinski definition) is 3. The van der Waals surface area contributed by atoms with Crippen molar-refractivity contribution in [3.8, 4) is 0 Å². The van der Waals surface area contributed by atoms with Crippen molar-refractivity contribution in [3.05, 3.63) is 35.9 Å². The highest BCUT2D eigenvalue weighted by Crippen LogP contribution is 2.20. The van der Waals surface area contributed by atoms with E-state index in [-0.39, 0.29) is 5.92 Å². The Bertz CT molecular complexity index is 409. The van der Waals surface area contributed by atoms with Crippen LogP contribution in [0.5, 0.6) is 0 Å². The summed E-state index contributed by atoms with van der Waals surface area (Å²) in [5.74, 6) is 0.0729. The molecule has 0 saturated heterocycles. The highest BCUT2D eigenvalue weighted by atomic mass is 16.6. The highest BCUT2D eigenvalue weighted by Gasteiger charge is 2.19. The Hall–Kier alpha value is -1.55. The second-order valence-corrected chi connectivity index (χ2v) is 6.08. The van der Waals surface area contributed by atoms with Gasteiger partial charge in [-0.15, -0.1) is 0 Å². The zero-order chi connectivity index (χ0) is 15.2. The summed E-state index contributed by atoms with van der Waals surface area (Å²) >= 11 is 0. The second-order valence-electron chi connectivity index (χ2n) is 6.08. The molecule has 4 nitrogen and oxygen atoms in total. The van der Waals surface area contributed by atoms with Gasteiger partial charge in [0.25, 0.3) is 0 Å². The van der Waals surface area contributed by atoms with E-state index in [0.29, 0.717) is 13.0 Å². The lowest BCUT2D eigenvalue weighted by molar-refractivity contribution is 0.0520. The topological polar surface area (TPSA) is 58.6 Å². The Kier molecular flexibility index (Phi) is 6.02. The molecule has 4 heteroatoms. The number of ether oxygens (including phenoxy) is 1. The van der Waals surface area contributed by atoms with Crippen LogP contribution in [-0.4, -0.2) is 29.4 Å². The molecular weight excluding hydrogens is 254 g/mol. The molecular formula is C16H25NO3. The molecule has 0 spiro atoms. The van der Waals surface area contributed by atoms with Crippen LogP contribution in [0.15, 0.2) is 30.3 Å². The van der Waals surface area contributed by atoms with Crippen LogP contribution in [0.25, 0.3) is 0 Å². The van der Waals surface area contributed by atoms with Crippen molar-refractivity contribution in [1.29, 1.82) is 0 Å². The average molecular weight is 279 g/mol. The number of amides is 1. The van der Waals surface area contributed by atoms with Crippen molar-refractivity contribution in [1.82, 2.24) is 5.32 Å². The first-order valence-corrected chi connectivity index (χ1v) is 6.98. The fourth-order valence-corrected chi connectivity index (χ4v) is 1.99. The molecule has 1 amide bonds. The van der Waals surface area contributed by atoms with E-state index in [1.165, 1.54) is 0 Å². The number of rotatable bonds is 5. The third kappa shape index (κ3) is 6.57. The molecule has 1 aromatic rings. The van der Waals surface area contributed by atoms with Gasteiger partial charge in [0.2, 0.25) is 0 Å². The smallest absolute Gasteiger partial charge is 0.407 e. The maximum Gasteiger partial charge on any atom is 0.407 e. The van der Waals surface area contributed by atoms with Gasteiger partial charge in [-0.3, -0.25) is 0 Å². The molecule has 0 unspecified atom stereocenters. The molecule has 0 saturated carbocycles. The predicted molar refractivity (Wildman–Crippen MR) is 79.7 cm³/mol. The zero-order valence-electron chi connectivity index (χ0n) is 12.7. The molecule has 20 heavy (non-hydrogen) atoms. The van der Waals surface area contributed by atoms with E-state index in [9.17, 15) is 9.90 Å². The third-order valence-electron chi connectivity index (χ3n) is 2.79. The monoisotopic (exact) mass is 279 g/mol. The SMILES string of the molecule is C[C@@H](O)C[C@@H](CNC(=O)OC(C)(C)C)c1ccccc1. The van der Waals surface area contributed by atoms with E-state index in [4.69, 9.17) is 4.74 Å². The Morgan fingerprint density at radius 1 is 1.30 bits per heavy atom. The summed E-state index contributed by atoms with van der Waals surface area (Å²) in [6.07, 6.45) is -0.246. The number of carbonyl (C=O) groups excluding carboxylic acids is 1. The lowest BCUT2D eigenvalue weighted by Crippen LogP contribution is -2.35. The number of carbonyl (C=O) groups is 1. The summed E-state index contributed by atoms with van der Waals surface area (Å²) < 4.78 is 5.22. The van der Waals surface area contributed by atoms with Crippen molar-refractivity contribution in [3.63, 3.8) is 0 Å². The minimum atomic E-state index is -0.503. The van der Waals surface area contributed by atoms with Crippen LogP contribution in [-0.2, 0) is 4.74 Å². The lowest BCUT2D eigenvalue weighted by atomic mass is 9.93. The van der Waals surface area contributed by atoms with Crippen LogP contribution in [0.3, 0.4) is 0 Å². The maximum atomic E-state index is 11.7. The summed E-state index contributed by atoms with van der Waals surface area (Å²) in [5.41, 5.74) is 0.598. The van der Waals surface area contributed by atoms with Gasteiger partial charge in [-0.2, -0.15) is 0 Å². The van der Waals surface area contributed by atoms with E-state index >= 15 is 0 Å². The quantitative estimate of drug-likeness (QED) is 0.871. The second kappa shape index (κ2) is 7.29. The van der Waals surface area contributed by atoms with Crippen LogP contribution in [0.4, 0.5) is 4.79 Å². The molecule has 0 aliphatic rings. The molecule has 0 aliphatic carbocycles. The molecule has 0 aromatic heterocycles. The summed E-state index contributed by atoms with van der Waals surface area (Å²) in [4.78, 5) is 11.7. The molecule has 0 aliphatic heterocycles. The fourth-order valence-electron chi connectivity index (χ4n) is 1.99. The van der Waals surface area contributed by atoms with Gasteiger partial charge in [-0.1, -0.05) is 30.3 Å². The van der Waals surface area contributed by atoms with Crippen molar-refractivity contribution in [2.24, 2.45) is 0 Å². The Morgan fingerprint density at radius 3 is 2.40 bits per heavy atom. The molecule has 1 rings (SSSR count). The van der Waals surface area contributed by atoms with Crippen LogP contribution in [0.2, 0.25) is 0 Å². The minimum Gasteiger partial charge on any atom is -0.444 e. The molecule has 2 N–H and O–H groups in total. The van der Waals surface area contributed by atoms with E-state index in [2.05, 4.69) is 5.32 Å². The van der Waals surface area contributed by atoms with E-state index in [1.54, 1.807) is 6.92 Å². The van der Waals surface area contributed by atoms with Crippen molar-refractivity contribution in [2.75, 3.05) is 6.54 Å². The normalized spacial score (nSPS) is 14.4. The summed E-state index contributed by atoms with van der Waals surface area (Å²) in [7, 11) is 0. The summed E-state index contributed by atoms with van der Waals surface area (Å²) in [5, 5.41) is 12.4. The van der Waals surface area contributed by atoms with Gasteiger partial charge >= 0.3 is 6.09 Å². The van der Waals surface area contributed by atoms with Crippen molar-refractivity contribution < 1.29 is 14.6 Å². The van der Waals surface area contributed by atoms with E-state index in [0.717, 1.165) is 5.56 Å². The number of hydrogen-bond donors (Lipinski definition) is 2. The number of aliphatic hydroxyl groups is 1. The van der Waals surface area contributed by atoms with E-state index in [1.807, 2.05) is 51.1 Å². The predicted octanol–water partition coefficient (Wildman–Crippen LogP) is 3.07. The van der Waals surface area contributed by atoms with Gasteiger partial charge in [-0.05, 0) is 39.7 Å². The largest absolute Gasteiger partial charge is 0.444 e. The first-order valence-electron chi connectivity index (χ1n) is 6.98. The number of nitrogens with one attached hydrogen (secondary N) is 1. The molecule has 112 valence electrons. The van der Waals surface area contributed by atoms with Crippen LogP contribution in [0.1, 0.15) is 45.6 Å². The Balaban J connectivity index is 2.60. The van der Waals surface area contributed by atoms with Crippen molar-refractivity contribution in [2.45, 2.75) is 51.7 Å². The molecule has 0 radical (unpaired) electrons. The number of benzene rings is 1. The molecule has 1 aromatic carbocycles. The van der Waals surface area contributed by atoms with E-state index < -0.39 is 17.8 Å². The van der Waals surface area contributed by atoms with Crippen LogP contribution < -0.4 is 5.32 Å². The molecule has 0 heterocycles. The van der Waals surface area contributed by atoms with Gasteiger partial charge in [-0.25, -0.2) is 4.79 Å². The molecule has 2 atom stereocenters. The van der Waals surface area contributed by atoms with Gasteiger partial charge < -0.3 is 15.2 Å². The highest BCUT2D eigenvalue weighted by molar-refractivity contribution is 5.67. The minimum absolute atomic E-state index is 0.0729. The molecule has 0 bridgehead atoms. The first kappa shape index (κ1) is 16.5. The third-order valence-corrected chi connectivity index (χ3v) is 2.79. The number of alkyl carbamates (subject to hydrolysis) is 1. The Morgan fingerprint density at radius 2 is 1.90 bits per heavy atom. The van der Waals surface area contributed by atoms with Gasteiger partial charge in [0.05, 0.1) is 6.10 Å².